The van der Waals surface area contributed by atoms with Crippen LogP contribution in [0.5, 0.6) is 11.5 Å². The zero-order valence-corrected chi connectivity index (χ0v) is 13.2. The van der Waals surface area contributed by atoms with E-state index in [-0.39, 0.29) is 22.6 Å². The number of rotatable bonds is 6. The lowest BCUT2D eigenvalue weighted by Crippen LogP contribution is -2.56. The maximum Gasteiger partial charge on any atom is 0.273 e. The highest BCUT2D eigenvalue weighted by molar-refractivity contribution is 6.21. The average molecular weight is 314 g/mol. The molecule has 0 radical (unpaired) electrons. The Balaban J connectivity index is 2.26. The van der Waals surface area contributed by atoms with Crippen LogP contribution in [0.4, 0.5) is 5.69 Å². The number of ether oxygens (including phenoxy) is 2. The molecule has 1 aliphatic rings. The Hall–Kier alpha value is -1.49. The molecule has 0 spiro atoms. The molecule has 1 aromatic carbocycles. The van der Waals surface area contributed by atoms with Crippen LogP contribution >= 0.6 is 11.6 Å². The second kappa shape index (κ2) is 6.10. The fourth-order valence-corrected chi connectivity index (χ4v) is 3.65. The van der Waals surface area contributed by atoms with E-state index in [0.29, 0.717) is 11.5 Å². The number of halogens is 1. The van der Waals surface area contributed by atoms with Crippen LogP contribution < -0.4 is 9.47 Å². The number of benzene rings is 1. The summed E-state index contributed by atoms with van der Waals surface area (Å²) in [7, 11) is 1.52. The van der Waals surface area contributed by atoms with Crippen molar-refractivity contribution in [3.63, 3.8) is 0 Å². The van der Waals surface area contributed by atoms with Crippen molar-refractivity contribution in [3.8, 4) is 11.5 Å². The summed E-state index contributed by atoms with van der Waals surface area (Å²) < 4.78 is 11.2. The number of alkyl halides is 1. The molecule has 0 heterocycles. The lowest BCUT2D eigenvalue weighted by atomic mass is 9.62. The van der Waals surface area contributed by atoms with Gasteiger partial charge in [-0.05, 0) is 18.9 Å². The Labute approximate surface area is 129 Å². The summed E-state index contributed by atoms with van der Waals surface area (Å²) in [6, 6.07) is 4.38. The van der Waals surface area contributed by atoms with Crippen molar-refractivity contribution >= 4 is 17.3 Å². The minimum Gasteiger partial charge on any atom is -0.493 e. The van der Waals surface area contributed by atoms with Gasteiger partial charge >= 0.3 is 0 Å². The summed E-state index contributed by atoms with van der Waals surface area (Å²) in [6.07, 6.45) is 2.54. The SMILES string of the molecule is CCC1(CC)C(Cl)CC1Oc1cc([N+](=O)[O-])ccc1OC. The minimum atomic E-state index is -0.440. The third kappa shape index (κ3) is 2.67. The van der Waals surface area contributed by atoms with Crippen LogP contribution in [0.1, 0.15) is 33.1 Å². The molecule has 1 fully saturated rings. The van der Waals surface area contributed by atoms with Gasteiger partial charge in [0.2, 0.25) is 0 Å². The molecule has 2 unspecified atom stereocenters. The second-order valence-electron chi connectivity index (χ2n) is 5.34. The predicted octanol–water partition coefficient (Wildman–Crippen LogP) is 4.17. The van der Waals surface area contributed by atoms with Crippen molar-refractivity contribution < 1.29 is 14.4 Å². The topological polar surface area (TPSA) is 61.6 Å². The molecule has 1 aromatic rings. The highest BCUT2D eigenvalue weighted by Gasteiger charge is 2.53. The fourth-order valence-electron chi connectivity index (χ4n) is 3.04. The molecule has 0 saturated heterocycles. The molecular formula is C15H20ClNO4. The van der Waals surface area contributed by atoms with Crippen molar-refractivity contribution in [2.75, 3.05) is 7.11 Å². The van der Waals surface area contributed by atoms with Crippen LogP contribution in [0.25, 0.3) is 0 Å². The number of nitro benzene ring substituents is 1. The van der Waals surface area contributed by atoms with E-state index in [1.54, 1.807) is 6.07 Å². The van der Waals surface area contributed by atoms with Crippen LogP contribution in [-0.2, 0) is 0 Å². The normalized spacial score (nSPS) is 23.2. The fraction of sp³-hybridized carbons (Fsp3) is 0.600. The Kier molecular flexibility index (Phi) is 4.61. The second-order valence-corrected chi connectivity index (χ2v) is 5.87. The van der Waals surface area contributed by atoms with Crippen LogP contribution in [0.3, 0.4) is 0 Å². The summed E-state index contributed by atoms with van der Waals surface area (Å²) >= 11 is 6.37. The Morgan fingerprint density at radius 3 is 2.52 bits per heavy atom. The smallest absolute Gasteiger partial charge is 0.273 e. The van der Waals surface area contributed by atoms with Gasteiger partial charge in [0.15, 0.2) is 11.5 Å². The van der Waals surface area contributed by atoms with Gasteiger partial charge < -0.3 is 9.47 Å². The lowest BCUT2D eigenvalue weighted by Gasteiger charge is -2.52. The van der Waals surface area contributed by atoms with Gasteiger partial charge in [0.05, 0.1) is 18.1 Å². The molecule has 0 N–H and O–H groups in total. The lowest BCUT2D eigenvalue weighted by molar-refractivity contribution is -0.385. The predicted molar refractivity (Wildman–Crippen MR) is 81.3 cm³/mol. The van der Waals surface area contributed by atoms with E-state index in [4.69, 9.17) is 21.1 Å². The molecular weight excluding hydrogens is 294 g/mol. The summed E-state index contributed by atoms with van der Waals surface area (Å²) in [6.45, 7) is 4.19. The van der Waals surface area contributed by atoms with Gasteiger partial charge in [-0.2, -0.15) is 0 Å². The van der Waals surface area contributed by atoms with E-state index in [1.807, 2.05) is 0 Å². The van der Waals surface area contributed by atoms with E-state index >= 15 is 0 Å². The number of nitro groups is 1. The first kappa shape index (κ1) is 15.9. The van der Waals surface area contributed by atoms with E-state index in [2.05, 4.69) is 13.8 Å². The molecule has 1 saturated carbocycles. The summed E-state index contributed by atoms with van der Waals surface area (Å²) in [4.78, 5) is 10.5. The summed E-state index contributed by atoms with van der Waals surface area (Å²) in [5, 5.41) is 11.0. The minimum absolute atomic E-state index is 0.00820. The van der Waals surface area contributed by atoms with Gasteiger partial charge in [-0.1, -0.05) is 13.8 Å². The standard InChI is InChI=1S/C15H20ClNO4/c1-4-15(5-2)13(16)9-14(15)21-12-8-10(17(18)19)6-7-11(12)20-3/h6-8,13-14H,4-5,9H2,1-3H3. The number of hydrogen-bond acceptors (Lipinski definition) is 4. The molecule has 6 heteroatoms. The molecule has 0 amide bonds. The monoisotopic (exact) mass is 313 g/mol. The molecule has 1 aliphatic carbocycles. The molecule has 5 nitrogen and oxygen atoms in total. The van der Waals surface area contributed by atoms with Crippen molar-refractivity contribution in [3.05, 3.63) is 28.3 Å². The Morgan fingerprint density at radius 1 is 1.38 bits per heavy atom. The quantitative estimate of drug-likeness (QED) is 0.449. The maximum absolute atomic E-state index is 10.9. The number of nitrogens with zero attached hydrogens (tertiary/aromatic N) is 1. The van der Waals surface area contributed by atoms with Crippen molar-refractivity contribution in [1.29, 1.82) is 0 Å². The largest absolute Gasteiger partial charge is 0.493 e. The van der Waals surface area contributed by atoms with E-state index in [9.17, 15) is 10.1 Å². The first-order valence-corrected chi connectivity index (χ1v) is 7.55. The van der Waals surface area contributed by atoms with Crippen molar-refractivity contribution in [1.82, 2.24) is 0 Å². The zero-order valence-electron chi connectivity index (χ0n) is 12.5. The van der Waals surface area contributed by atoms with Gasteiger partial charge in [0.1, 0.15) is 6.10 Å². The molecule has 0 aliphatic heterocycles. The Bertz CT molecular complexity index is 530. The number of methoxy groups -OCH3 is 1. The van der Waals surface area contributed by atoms with Gasteiger partial charge in [-0.3, -0.25) is 10.1 Å². The van der Waals surface area contributed by atoms with Gasteiger partial charge in [-0.15, -0.1) is 11.6 Å². The molecule has 0 aromatic heterocycles. The first-order valence-electron chi connectivity index (χ1n) is 7.11. The molecule has 116 valence electrons. The number of hydrogen-bond donors (Lipinski definition) is 0. The summed E-state index contributed by atoms with van der Waals surface area (Å²) in [5.74, 6) is 0.909. The molecule has 2 rings (SSSR count). The van der Waals surface area contributed by atoms with Crippen LogP contribution in [-0.4, -0.2) is 23.5 Å². The van der Waals surface area contributed by atoms with Crippen molar-refractivity contribution in [2.24, 2.45) is 5.41 Å². The van der Waals surface area contributed by atoms with Gasteiger partial charge in [0, 0.05) is 23.3 Å². The van der Waals surface area contributed by atoms with Crippen LogP contribution in [0.2, 0.25) is 0 Å². The third-order valence-corrected chi connectivity index (χ3v) is 5.24. The van der Waals surface area contributed by atoms with Crippen LogP contribution in [0, 0.1) is 15.5 Å². The van der Waals surface area contributed by atoms with Crippen LogP contribution in [0.15, 0.2) is 18.2 Å². The molecule has 0 bridgehead atoms. The highest BCUT2D eigenvalue weighted by Crippen LogP contribution is 2.52. The van der Waals surface area contributed by atoms with E-state index < -0.39 is 4.92 Å². The highest BCUT2D eigenvalue weighted by atomic mass is 35.5. The van der Waals surface area contributed by atoms with Gasteiger partial charge in [0.25, 0.3) is 5.69 Å². The molecule has 2 atom stereocenters. The average Bonchev–Trinajstić information content (AvgIpc) is 2.48. The van der Waals surface area contributed by atoms with E-state index in [1.165, 1.54) is 19.2 Å². The first-order chi connectivity index (χ1) is 9.98. The van der Waals surface area contributed by atoms with Crippen molar-refractivity contribution in [2.45, 2.75) is 44.6 Å². The Morgan fingerprint density at radius 2 is 2.05 bits per heavy atom. The number of non-ortho nitro benzene ring substituents is 1. The van der Waals surface area contributed by atoms with E-state index in [0.717, 1.165) is 19.3 Å². The third-order valence-electron chi connectivity index (χ3n) is 4.63. The molecule has 21 heavy (non-hydrogen) atoms. The maximum atomic E-state index is 10.9. The zero-order chi connectivity index (χ0) is 15.6. The van der Waals surface area contributed by atoms with Gasteiger partial charge in [-0.25, -0.2) is 0 Å². The summed E-state index contributed by atoms with van der Waals surface area (Å²) in [5.41, 5.74) is -0.0804.